The van der Waals surface area contributed by atoms with Gasteiger partial charge in [0.05, 0.1) is 17.2 Å². The fraction of sp³-hybridized carbons (Fsp3) is 0.333. The van der Waals surface area contributed by atoms with E-state index in [0.717, 1.165) is 11.5 Å². The van der Waals surface area contributed by atoms with Gasteiger partial charge in [-0.05, 0) is 31.5 Å². The van der Waals surface area contributed by atoms with Crippen LogP contribution in [0.1, 0.15) is 17.5 Å². The van der Waals surface area contributed by atoms with E-state index in [4.69, 9.17) is 10.00 Å². The summed E-state index contributed by atoms with van der Waals surface area (Å²) in [6, 6.07) is 1.79. The summed E-state index contributed by atoms with van der Waals surface area (Å²) >= 11 is 1.13. The van der Waals surface area contributed by atoms with Crippen LogP contribution in [-0.2, 0) is 9.53 Å². The number of carbonyl (C=O) groups is 1. The third-order valence-electron chi connectivity index (χ3n) is 1.58. The van der Waals surface area contributed by atoms with Gasteiger partial charge in [-0.25, -0.2) is 4.79 Å². The van der Waals surface area contributed by atoms with E-state index < -0.39 is 5.97 Å². The number of nitrogens with zero attached hydrogens (tertiary/aromatic N) is 3. The van der Waals surface area contributed by atoms with Crippen molar-refractivity contribution in [1.82, 2.24) is 9.59 Å². The summed E-state index contributed by atoms with van der Waals surface area (Å²) in [5.41, 5.74) is 0.656. The molecule has 78 valence electrons. The minimum absolute atomic E-state index is 0.0361. The first-order valence-electron chi connectivity index (χ1n) is 4.27. The first-order chi connectivity index (χ1) is 7.19. The van der Waals surface area contributed by atoms with Crippen LogP contribution in [0.15, 0.2) is 5.57 Å². The van der Waals surface area contributed by atoms with Crippen LogP contribution in [0.5, 0.6) is 0 Å². The second-order valence-electron chi connectivity index (χ2n) is 2.61. The van der Waals surface area contributed by atoms with Crippen LogP contribution in [-0.4, -0.2) is 22.2 Å². The average molecular weight is 223 g/mol. The number of carbonyl (C=O) groups excluding carboxylic acids is 1. The van der Waals surface area contributed by atoms with Gasteiger partial charge < -0.3 is 4.74 Å². The van der Waals surface area contributed by atoms with Crippen LogP contribution in [0, 0.1) is 18.3 Å². The Morgan fingerprint density at radius 2 is 2.47 bits per heavy atom. The third kappa shape index (κ3) is 2.86. The van der Waals surface area contributed by atoms with E-state index in [-0.39, 0.29) is 12.2 Å². The van der Waals surface area contributed by atoms with E-state index in [1.807, 2.05) is 0 Å². The number of hydrogen-bond donors (Lipinski definition) is 0. The largest absolute Gasteiger partial charge is 0.462 e. The van der Waals surface area contributed by atoms with Crippen molar-refractivity contribution in [3.05, 3.63) is 16.1 Å². The Labute approximate surface area is 91.2 Å². The molecular formula is C9H9N3O2S. The third-order valence-corrected chi connectivity index (χ3v) is 2.35. The molecule has 0 saturated carbocycles. The van der Waals surface area contributed by atoms with E-state index >= 15 is 0 Å². The molecule has 0 amide bonds. The summed E-state index contributed by atoms with van der Waals surface area (Å²) < 4.78 is 8.42. The van der Waals surface area contributed by atoms with Gasteiger partial charge in [-0.3, -0.25) is 0 Å². The van der Waals surface area contributed by atoms with Gasteiger partial charge in [0.15, 0.2) is 0 Å². The van der Waals surface area contributed by atoms with E-state index in [1.54, 1.807) is 19.9 Å². The quantitative estimate of drug-likeness (QED) is 0.439. The smallest absolute Gasteiger partial charge is 0.348 e. The lowest BCUT2D eigenvalue weighted by atomic mass is 10.2. The van der Waals surface area contributed by atoms with E-state index in [1.165, 1.54) is 6.08 Å². The summed E-state index contributed by atoms with van der Waals surface area (Å²) in [5, 5.41) is 12.5. The number of aromatic nitrogens is 2. The lowest BCUT2D eigenvalue weighted by Gasteiger charge is -1.98. The molecule has 0 saturated heterocycles. The average Bonchev–Trinajstić information content (AvgIpc) is 2.61. The maximum atomic E-state index is 11.3. The maximum absolute atomic E-state index is 11.3. The lowest BCUT2D eigenvalue weighted by Crippen LogP contribution is -2.05. The summed E-state index contributed by atoms with van der Waals surface area (Å²) in [6.45, 7) is 3.69. The summed E-state index contributed by atoms with van der Waals surface area (Å²) in [6.07, 6.45) is 1.44. The van der Waals surface area contributed by atoms with Crippen LogP contribution in [0.25, 0.3) is 6.08 Å². The minimum atomic E-state index is -0.618. The summed E-state index contributed by atoms with van der Waals surface area (Å²) in [7, 11) is 0. The highest BCUT2D eigenvalue weighted by molar-refractivity contribution is 7.06. The Balaban J connectivity index is 2.94. The molecule has 15 heavy (non-hydrogen) atoms. The Bertz CT molecular complexity index is 431. The zero-order valence-corrected chi connectivity index (χ0v) is 9.17. The monoisotopic (exact) mass is 223 g/mol. The molecule has 6 heteroatoms. The Morgan fingerprint density at radius 1 is 1.73 bits per heavy atom. The van der Waals surface area contributed by atoms with Crippen LogP contribution >= 0.6 is 11.5 Å². The van der Waals surface area contributed by atoms with Crippen molar-refractivity contribution in [2.75, 3.05) is 6.61 Å². The van der Waals surface area contributed by atoms with E-state index in [0.29, 0.717) is 10.6 Å². The molecule has 0 radical (unpaired) electrons. The molecule has 0 N–H and O–H groups in total. The van der Waals surface area contributed by atoms with Gasteiger partial charge in [-0.2, -0.15) is 5.26 Å². The first-order valence-corrected chi connectivity index (χ1v) is 5.04. The second-order valence-corrected chi connectivity index (χ2v) is 3.40. The summed E-state index contributed by atoms with van der Waals surface area (Å²) in [4.78, 5) is 12.0. The van der Waals surface area contributed by atoms with E-state index in [9.17, 15) is 4.79 Å². The molecule has 0 aliphatic carbocycles. The van der Waals surface area contributed by atoms with E-state index in [2.05, 4.69) is 9.59 Å². The Morgan fingerprint density at radius 3 is 2.93 bits per heavy atom. The van der Waals surface area contributed by atoms with Gasteiger partial charge in [0, 0.05) is 0 Å². The highest BCUT2D eigenvalue weighted by Crippen LogP contribution is 2.14. The van der Waals surface area contributed by atoms with Gasteiger partial charge in [-0.15, -0.1) is 5.10 Å². The summed E-state index contributed by atoms with van der Waals surface area (Å²) in [5.74, 6) is -0.618. The SMILES string of the molecule is CCOC(=O)C(C#N)=Cc1snnc1C. The highest BCUT2D eigenvalue weighted by atomic mass is 32.1. The van der Waals surface area contributed by atoms with Crippen molar-refractivity contribution in [3.63, 3.8) is 0 Å². The van der Waals surface area contributed by atoms with Gasteiger partial charge in [0.25, 0.3) is 0 Å². The second kappa shape index (κ2) is 5.22. The molecule has 0 aliphatic rings. The molecule has 0 aromatic carbocycles. The number of esters is 1. The van der Waals surface area contributed by atoms with Gasteiger partial charge in [0.1, 0.15) is 11.6 Å². The standard InChI is InChI=1S/C9H9N3O2S/c1-3-14-9(13)7(5-10)4-8-6(2)11-12-15-8/h4H,3H2,1-2H3. The highest BCUT2D eigenvalue weighted by Gasteiger charge is 2.11. The number of rotatable bonds is 3. The van der Waals surface area contributed by atoms with Gasteiger partial charge in [0.2, 0.25) is 0 Å². The first kappa shape index (κ1) is 11.3. The van der Waals surface area contributed by atoms with Crippen molar-refractivity contribution in [1.29, 1.82) is 5.26 Å². The predicted molar refractivity (Wildman–Crippen MR) is 54.9 cm³/mol. The van der Waals surface area contributed by atoms with Crippen molar-refractivity contribution >= 4 is 23.6 Å². The van der Waals surface area contributed by atoms with Crippen LogP contribution in [0.4, 0.5) is 0 Å². The molecule has 0 spiro atoms. The number of nitriles is 1. The fourth-order valence-electron chi connectivity index (χ4n) is 0.849. The van der Waals surface area contributed by atoms with Crippen molar-refractivity contribution in [3.8, 4) is 6.07 Å². The zero-order chi connectivity index (χ0) is 11.3. The topological polar surface area (TPSA) is 75.9 Å². The number of hydrogen-bond acceptors (Lipinski definition) is 6. The number of aryl methyl sites for hydroxylation is 1. The lowest BCUT2D eigenvalue weighted by molar-refractivity contribution is -0.137. The molecule has 1 rings (SSSR count). The molecule has 0 fully saturated rings. The normalized spacial score (nSPS) is 10.9. The van der Waals surface area contributed by atoms with Gasteiger partial charge >= 0.3 is 5.97 Å². The van der Waals surface area contributed by atoms with Gasteiger partial charge in [-0.1, -0.05) is 4.49 Å². The maximum Gasteiger partial charge on any atom is 0.348 e. The predicted octanol–water partition coefficient (Wildman–Crippen LogP) is 1.32. The molecule has 5 nitrogen and oxygen atoms in total. The van der Waals surface area contributed by atoms with Crippen molar-refractivity contribution < 1.29 is 9.53 Å². The van der Waals surface area contributed by atoms with Crippen molar-refractivity contribution in [2.45, 2.75) is 13.8 Å². The van der Waals surface area contributed by atoms with Crippen LogP contribution < -0.4 is 0 Å². The fourth-order valence-corrected chi connectivity index (χ4v) is 1.44. The van der Waals surface area contributed by atoms with Crippen LogP contribution in [0.2, 0.25) is 0 Å². The Kier molecular flexibility index (Phi) is 3.94. The zero-order valence-electron chi connectivity index (χ0n) is 8.35. The molecule has 0 bridgehead atoms. The number of ether oxygens (including phenoxy) is 1. The molecule has 1 aromatic rings. The van der Waals surface area contributed by atoms with Crippen molar-refractivity contribution in [2.24, 2.45) is 0 Å². The Hall–Kier alpha value is -1.74. The molecule has 1 aromatic heterocycles. The molecular weight excluding hydrogens is 214 g/mol. The minimum Gasteiger partial charge on any atom is -0.462 e. The molecule has 0 aliphatic heterocycles. The molecule has 0 atom stereocenters. The molecule has 0 unspecified atom stereocenters. The van der Waals surface area contributed by atoms with Crippen LogP contribution in [0.3, 0.4) is 0 Å². The molecule has 1 heterocycles.